The Morgan fingerprint density at radius 3 is 2.78 bits per heavy atom. The molecule has 0 amide bonds. The summed E-state index contributed by atoms with van der Waals surface area (Å²) in [4.78, 5) is 4.04. The summed E-state index contributed by atoms with van der Waals surface area (Å²) in [5.74, 6) is -0.750. The number of hydrogen-bond donors (Lipinski definition) is 2. The number of sulfonamides is 1. The number of aliphatic hydroxyl groups excluding tert-OH is 1. The fraction of sp³-hybridized carbons (Fsp3) is 0.100. The Kier molecular flexibility index (Phi) is 3.60. The number of nitrogens with one attached hydrogen (secondary N) is 1. The highest BCUT2D eigenvalue weighted by Crippen LogP contribution is 2.24. The first-order valence-electron chi connectivity index (χ1n) is 4.85. The number of pyridine rings is 1. The predicted molar refractivity (Wildman–Crippen MR) is 65.2 cm³/mol. The van der Waals surface area contributed by atoms with Gasteiger partial charge >= 0.3 is 0 Å². The lowest BCUT2D eigenvalue weighted by Crippen LogP contribution is -2.12. The standard InChI is InChI=1S/C10H9FN2O3S2/c11-8-5-12-4-3-9(8)13-18(15,16)10-2-1-7(6-14)17-10/h1-5,14H,6H2,(H,12,13). The summed E-state index contributed by atoms with van der Waals surface area (Å²) in [6.07, 6.45) is 2.21. The second kappa shape index (κ2) is 5.01. The molecule has 0 fully saturated rings. The van der Waals surface area contributed by atoms with E-state index in [2.05, 4.69) is 9.71 Å². The smallest absolute Gasteiger partial charge is 0.271 e. The minimum Gasteiger partial charge on any atom is -0.391 e. The van der Waals surface area contributed by atoms with Crippen molar-refractivity contribution in [2.75, 3.05) is 4.72 Å². The largest absolute Gasteiger partial charge is 0.391 e. The minimum absolute atomic E-state index is 0.0164. The number of halogens is 1. The van der Waals surface area contributed by atoms with Crippen molar-refractivity contribution in [3.8, 4) is 0 Å². The van der Waals surface area contributed by atoms with Crippen LogP contribution in [-0.2, 0) is 16.6 Å². The SMILES string of the molecule is O=S(=O)(Nc1ccncc1F)c1ccc(CO)s1. The Bertz CT molecular complexity index is 655. The molecule has 2 N–H and O–H groups in total. The van der Waals surface area contributed by atoms with E-state index in [0.29, 0.717) is 4.88 Å². The maximum Gasteiger partial charge on any atom is 0.271 e. The van der Waals surface area contributed by atoms with E-state index < -0.39 is 15.8 Å². The highest BCUT2D eigenvalue weighted by Gasteiger charge is 2.18. The third kappa shape index (κ3) is 2.66. The van der Waals surface area contributed by atoms with Crippen LogP contribution in [0.3, 0.4) is 0 Å². The van der Waals surface area contributed by atoms with Crippen LogP contribution in [-0.4, -0.2) is 18.5 Å². The Morgan fingerprint density at radius 1 is 1.39 bits per heavy atom. The van der Waals surface area contributed by atoms with Crippen molar-refractivity contribution < 1.29 is 17.9 Å². The van der Waals surface area contributed by atoms with Gasteiger partial charge in [0.15, 0.2) is 5.82 Å². The van der Waals surface area contributed by atoms with Crippen molar-refractivity contribution in [1.82, 2.24) is 4.98 Å². The molecule has 0 aromatic carbocycles. The summed E-state index contributed by atoms with van der Waals surface area (Å²) in [5.41, 5.74) is -0.163. The molecule has 0 saturated heterocycles. The summed E-state index contributed by atoms with van der Waals surface area (Å²) in [6, 6.07) is 4.09. The molecule has 0 spiro atoms. The summed E-state index contributed by atoms with van der Waals surface area (Å²) < 4.78 is 39.3. The summed E-state index contributed by atoms with van der Waals surface area (Å²) in [5, 5.41) is 8.88. The zero-order chi connectivity index (χ0) is 13.2. The molecule has 0 aliphatic heterocycles. The lowest BCUT2D eigenvalue weighted by Gasteiger charge is -2.06. The molecule has 18 heavy (non-hydrogen) atoms. The second-order valence-electron chi connectivity index (χ2n) is 3.34. The number of aromatic nitrogens is 1. The average Bonchev–Trinajstić information content (AvgIpc) is 2.81. The van der Waals surface area contributed by atoms with Gasteiger partial charge in [-0.3, -0.25) is 9.71 Å². The van der Waals surface area contributed by atoms with Crippen LogP contribution in [0.4, 0.5) is 10.1 Å². The van der Waals surface area contributed by atoms with Crippen LogP contribution in [0.1, 0.15) is 4.88 Å². The van der Waals surface area contributed by atoms with Gasteiger partial charge in [0, 0.05) is 11.1 Å². The number of aliphatic hydroxyl groups is 1. The van der Waals surface area contributed by atoms with E-state index in [-0.39, 0.29) is 16.5 Å². The number of nitrogens with zero attached hydrogens (tertiary/aromatic N) is 1. The summed E-state index contributed by atoms with van der Waals surface area (Å²) in [7, 11) is -3.84. The molecule has 0 aliphatic rings. The van der Waals surface area contributed by atoms with Gasteiger partial charge in [0.05, 0.1) is 18.5 Å². The average molecular weight is 288 g/mol. The molecular weight excluding hydrogens is 279 g/mol. The molecule has 2 aromatic rings. The fourth-order valence-corrected chi connectivity index (χ4v) is 3.52. The Balaban J connectivity index is 2.30. The second-order valence-corrected chi connectivity index (χ2v) is 6.42. The maximum atomic E-state index is 13.3. The molecule has 0 radical (unpaired) electrons. The molecule has 0 aliphatic carbocycles. The first-order chi connectivity index (χ1) is 8.53. The first kappa shape index (κ1) is 12.9. The van der Waals surface area contributed by atoms with Crippen LogP contribution in [0.25, 0.3) is 0 Å². The Labute approximate surface area is 107 Å². The Hall–Kier alpha value is -1.51. The molecule has 0 saturated carbocycles. The van der Waals surface area contributed by atoms with E-state index >= 15 is 0 Å². The number of rotatable bonds is 4. The topological polar surface area (TPSA) is 79.3 Å². The molecule has 2 heterocycles. The maximum absolute atomic E-state index is 13.3. The van der Waals surface area contributed by atoms with Crippen molar-refractivity contribution >= 4 is 27.0 Å². The lowest BCUT2D eigenvalue weighted by molar-refractivity contribution is 0.285. The summed E-state index contributed by atoms with van der Waals surface area (Å²) >= 11 is 0.926. The minimum atomic E-state index is -3.84. The molecule has 96 valence electrons. The molecular formula is C10H9FN2O3S2. The molecule has 5 nitrogen and oxygen atoms in total. The quantitative estimate of drug-likeness (QED) is 0.895. The van der Waals surface area contributed by atoms with Gasteiger partial charge in [-0.15, -0.1) is 11.3 Å². The zero-order valence-electron chi connectivity index (χ0n) is 9.00. The van der Waals surface area contributed by atoms with E-state index in [1.54, 1.807) is 0 Å². The van der Waals surface area contributed by atoms with Gasteiger partial charge in [-0.1, -0.05) is 0 Å². The van der Waals surface area contributed by atoms with Crippen molar-refractivity contribution in [2.45, 2.75) is 10.8 Å². The normalized spacial score (nSPS) is 11.4. The summed E-state index contributed by atoms with van der Waals surface area (Å²) in [6.45, 7) is -0.232. The number of anilines is 1. The van der Waals surface area contributed by atoms with E-state index in [0.717, 1.165) is 17.5 Å². The lowest BCUT2D eigenvalue weighted by atomic mass is 10.4. The highest BCUT2D eigenvalue weighted by atomic mass is 32.2. The van der Waals surface area contributed by atoms with Crippen LogP contribution in [0, 0.1) is 5.82 Å². The van der Waals surface area contributed by atoms with Crippen LogP contribution in [0.15, 0.2) is 34.8 Å². The molecule has 0 atom stereocenters. The van der Waals surface area contributed by atoms with Crippen LogP contribution >= 0.6 is 11.3 Å². The van der Waals surface area contributed by atoms with Crippen molar-refractivity contribution in [1.29, 1.82) is 0 Å². The molecule has 2 aromatic heterocycles. The number of thiophene rings is 1. The van der Waals surface area contributed by atoms with Gasteiger partial charge in [-0.05, 0) is 18.2 Å². The van der Waals surface area contributed by atoms with Gasteiger partial charge in [-0.25, -0.2) is 12.8 Å². The fourth-order valence-electron chi connectivity index (χ4n) is 1.24. The molecule has 2 rings (SSSR count). The van der Waals surface area contributed by atoms with Crippen molar-refractivity contribution in [3.05, 3.63) is 41.3 Å². The predicted octanol–water partition coefficient (Wildman–Crippen LogP) is 1.58. The van der Waals surface area contributed by atoms with Crippen LogP contribution < -0.4 is 4.72 Å². The third-order valence-electron chi connectivity index (χ3n) is 2.07. The highest BCUT2D eigenvalue weighted by molar-refractivity contribution is 7.94. The number of hydrogen-bond acceptors (Lipinski definition) is 5. The third-order valence-corrected chi connectivity index (χ3v) is 5.00. The molecule has 0 bridgehead atoms. The Morgan fingerprint density at radius 2 is 2.17 bits per heavy atom. The van der Waals surface area contributed by atoms with Crippen molar-refractivity contribution in [3.63, 3.8) is 0 Å². The van der Waals surface area contributed by atoms with Gasteiger partial charge in [-0.2, -0.15) is 0 Å². The van der Waals surface area contributed by atoms with Gasteiger partial charge in [0.25, 0.3) is 10.0 Å². The van der Waals surface area contributed by atoms with Gasteiger partial charge in [0.2, 0.25) is 0 Å². The van der Waals surface area contributed by atoms with Gasteiger partial charge in [0.1, 0.15) is 4.21 Å². The first-order valence-corrected chi connectivity index (χ1v) is 7.15. The molecule has 8 heteroatoms. The molecule has 0 unspecified atom stereocenters. The zero-order valence-corrected chi connectivity index (χ0v) is 10.6. The van der Waals surface area contributed by atoms with E-state index in [1.165, 1.54) is 24.4 Å². The van der Waals surface area contributed by atoms with Crippen molar-refractivity contribution in [2.24, 2.45) is 0 Å². The monoisotopic (exact) mass is 288 g/mol. The van der Waals surface area contributed by atoms with E-state index in [9.17, 15) is 12.8 Å². The van der Waals surface area contributed by atoms with Crippen LogP contribution in [0.2, 0.25) is 0 Å². The van der Waals surface area contributed by atoms with Gasteiger partial charge < -0.3 is 5.11 Å². The van der Waals surface area contributed by atoms with E-state index in [4.69, 9.17) is 5.11 Å². The van der Waals surface area contributed by atoms with E-state index in [1.807, 2.05) is 0 Å². The van der Waals surface area contributed by atoms with Crippen LogP contribution in [0.5, 0.6) is 0 Å².